The van der Waals surface area contributed by atoms with E-state index in [0.29, 0.717) is 0 Å². The van der Waals surface area contributed by atoms with E-state index < -0.39 is 0 Å². The third-order valence-electron chi connectivity index (χ3n) is 2.35. The molecule has 14 heavy (non-hydrogen) atoms. The van der Waals surface area contributed by atoms with Gasteiger partial charge in [-0.05, 0) is 25.5 Å². The SMILES string of the molecule is CC1=NC2CC=CC([N+](=O)[O-])=C2C=C1. The molecular weight excluding hydrogens is 180 g/mol. The Morgan fingerprint density at radius 1 is 1.50 bits per heavy atom. The van der Waals surface area contributed by atoms with Gasteiger partial charge in [-0.3, -0.25) is 15.1 Å². The second kappa shape index (κ2) is 3.21. The largest absolute Gasteiger partial charge is 0.281 e. The van der Waals surface area contributed by atoms with Gasteiger partial charge < -0.3 is 0 Å². The van der Waals surface area contributed by atoms with Gasteiger partial charge in [-0.2, -0.15) is 0 Å². The summed E-state index contributed by atoms with van der Waals surface area (Å²) >= 11 is 0. The average molecular weight is 190 g/mol. The van der Waals surface area contributed by atoms with Crippen molar-refractivity contribution >= 4 is 5.71 Å². The van der Waals surface area contributed by atoms with Crippen molar-refractivity contribution in [3.05, 3.63) is 45.7 Å². The molecule has 0 aromatic heterocycles. The van der Waals surface area contributed by atoms with Crippen molar-refractivity contribution in [2.75, 3.05) is 0 Å². The minimum absolute atomic E-state index is 0.0506. The first-order valence-electron chi connectivity index (χ1n) is 4.46. The molecule has 0 radical (unpaired) electrons. The van der Waals surface area contributed by atoms with Crippen molar-refractivity contribution in [3.8, 4) is 0 Å². The van der Waals surface area contributed by atoms with Crippen LogP contribution in [0.25, 0.3) is 0 Å². The maximum atomic E-state index is 10.7. The van der Waals surface area contributed by atoms with Gasteiger partial charge in [0, 0.05) is 11.8 Å². The zero-order valence-corrected chi connectivity index (χ0v) is 7.80. The third-order valence-corrected chi connectivity index (χ3v) is 2.35. The molecule has 0 aromatic carbocycles. The lowest BCUT2D eigenvalue weighted by Crippen LogP contribution is -2.19. The van der Waals surface area contributed by atoms with E-state index in [4.69, 9.17) is 0 Å². The number of allylic oxidation sites excluding steroid dienone is 2. The lowest BCUT2D eigenvalue weighted by Gasteiger charge is -2.18. The molecule has 1 heterocycles. The predicted octanol–water partition coefficient (Wildman–Crippen LogP) is 1.88. The molecular formula is C10H10N2O2. The zero-order chi connectivity index (χ0) is 10.1. The van der Waals surface area contributed by atoms with Gasteiger partial charge in [0.1, 0.15) is 0 Å². The van der Waals surface area contributed by atoms with Crippen LogP contribution in [0.4, 0.5) is 0 Å². The number of hydrogen-bond donors (Lipinski definition) is 0. The molecule has 0 aromatic rings. The van der Waals surface area contributed by atoms with Crippen LogP contribution >= 0.6 is 0 Å². The highest BCUT2D eigenvalue weighted by Gasteiger charge is 2.26. The van der Waals surface area contributed by atoms with Crippen molar-refractivity contribution in [3.63, 3.8) is 0 Å². The molecule has 1 aliphatic carbocycles. The topological polar surface area (TPSA) is 55.5 Å². The summed E-state index contributed by atoms with van der Waals surface area (Å²) in [5.74, 6) is 0. The first-order chi connectivity index (χ1) is 6.68. The summed E-state index contributed by atoms with van der Waals surface area (Å²) in [7, 11) is 0. The molecule has 1 unspecified atom stereocenters. The van der Waals surface area contributed by atoms with Gasteiger partial charge in [-0.1, -0.05) is 6.08 Å². The van der Waals surface area contributed by atoms with E-state index in [1.54, 1.807) is 12.2 Å². The molecule has 0 saturated carbocycles. The number of aliphatic imine (C=N–C) groups is 1. The molecule has 2 rings (SSSR count). The quantitative estimate of drug-likeness (QED) is 0.468. The molecule has 0 fully saturated rings. The lowest BCUT2D eigenvalue weighted by molar-refractivity contribution is -0.420. The van der Waals surface area contributed by atoms with Crippen LogP contribution in [0.5, 0.6) is 0 Å². The van der Waals surface area contributed by atoms with Gasteiger partial charge in [0.25, 0.3) is 5.70 Å². The molecule has 1 atom stereocenters. The van der Waals surface area contributed by atoms with Crippen LogP contribution in [-0.2, 0) is 0 Å². The molecule has 2 aliphatic rings. The van der Waals surface area contributed by atoms with Crippen LogP contribution in [-0.4, -0.2) is 16.7 Å². The van der Waals surface area contributed by atoms with Crippen LogP contribution < -0.4 is 0 Å². The Hall–Kier alpha value is -1.71. The minimum atomic E-state index is -0.349. The minimum Gasteiger partial charge on any atom is -0.281 e. The average Bonchev–Trinajstić information content (AvgIpc) is 2.16. The van der Waals surface area contributed by atoms with Gasteiger partial charge >= 0.3 is 0 Å². The number of hydrogen-bond acceptors (Lipinski definition) is 3. The van der Waals surface area contributed by atoms with Gasteiger partial charge in [-0.25, -0.2) is 0 Å². The van der Waals surface area contributed by atoms with Gasteiger partial charge in [0.15, 0.2) is 0 Å². The molecule has 0 amide bonds. The summed E-state index contributed by atoms with van der Waals surface area (Å²) in [4.78, 5) is 14.7. The highest BCUT2D eigenvalue weighted by atomic mass is 16.6. The number of fused-ring (bicyclic) bond motifs is 1. The standard InChI is InChI=1S/C10H10N2O2/c1-7-5-6-8-9(11-7)3-2-4-10(8)12(13)14/h2,4-6,9H,3H2,1H3. The maximum absolute atomic E-state index is 10.7. The van der Waals surface area contributed by atoms with Crippen molar-refractivity contribution in [2.24, 2.45) is 4.99 Å². The molecule has 0 spiro atoms. The van der Waals surface area contributed by atoms with E-state index in [1.807, 2.05) is 19.1 Å². The Kier molecular flexibility index (Phi) is 2.04. The number of nitro groups is 1. The summed E-state index contributed by atoms with van der Waals surface area (Å²) in [6.45, 7) is 1.90. The van der Waals surface area contributed by atoms with Crippen molar-refractivity contribution < 1.29 is 4.92 Å². The first kappa shape index (κ1) is 8.87. The highest BCUT2D eigenvalue weighted by molar-refractivity contribution is 5.94. The monoisotopic (exact) mass is 190 g/mol. The van der Waals surface area contributed by atoms with E-state index in [0.717, 1.165) is 17.7 Å². The summed E-state index contributed by atoms with van der Waals surface area (Å²) in [6.07, 6.45) is 7.74. The number of nitrogens with zero attached hydrogens (tertiary/aromatic N) is 2. The number of rotatable bonds is 1. The van der Waals surface area contributed by atoms with E-state index in [2.05, 4.69) is 4.99 Å². The molecule has 0 bridgehead atoms. The fourth-order valence-corrected chi connectivity index (χ4v) is 1.69. The van der Waals surface area contributed by atoms with E-state index >= 15 is 0 Å². The van der Waals surface area contributed by atoms with Gasteiger partial charge in [0.2, 0.25) is 0 Å². The van der Waals surface area contributed by atoms with Crippen molar-refractivity contribution in [2.45, 2.75) is 19.4 Å². The highest BCUT2D eigenvalue weighted by Crippen LogP contribution is 2.26. The Labute approximate surface area is 81.5 Å². The molecule has 4 heteroatoms. The van der Waals surface area contributed by atoms with E-state index in [9.17, 15) is 10.1 Å². The van der Waals surface area contributed by atoms with E-state index in [-0.39, 0.29) is 16.7 Å². The summed E-state index contributed by atoms with van der Waals surface area (Å²) in [5, 5.41) is 10.7. The van der Waals surface area contributed by atoms with E-state index in [1.165, 1.54) is 0 Å². The van der Waals surface area contributed by atoms with Crippen LogP contribution in [0.1, 0.15) is 13.3 Å². The van der Waals surface area contributed by atoms with Crippen molar-refractivity contribution in [1.29, 1.82) is 0 Å². The molecule has 1 aliphatic heterocycles. The molecule has 72 valence electrons. The zero-order valence-electron chi connectivity index (χ0n) is 7.80. The third kappa shape index (κ3) is 1.39. The normalized spacial score (nSPS) is 24.6. The summed E-state index contributed by atoms with van der Waals surface area (Å²) < 4.78 is 0. The summed E-state index contributed by atoms with van der Waals surface area (Å²) in [6, 6.07) is -0.0506. The first-order valence-corrected chi connectivity index (χ1v) is 4.46. The van der Waals surface area contributed by atoms with Gasteiger partial charge in [0.05, 0.1) is 16.5 Å². The smallest absolute Gasteiger partial charge is 0.274 e. The fourth-order valence-electron chi connectivity index (χ4n) is 1.69. The van der Waals surface area contributed by atoms with Crippen LogP contribution in [0, 0.1) is 10.1 Å². The van der Waals surface area contributed by atoms with Crippen molar-refractivity contribution in [1.82, 2.24) is 0 Å². The summed E-state index contributed by atoms with van der Waals surface area (Å²) in [5.41, 5.74) is 1.83. The lowest BCUT2D eigenvalue weighted by atomic mass is 9.94. The molecule has 4 nitrogen and oxygen atoms in total. The Balaban J connectivity index is 2.46. The van der Waals surface area contributed by atoms with Gasteiger partial charge in [-0.15, -0.1) is 0 Å². The number of dihydropyridines is 1. The predicted molar refractivity (Wildman–Crippen MR) is 53.8 cm³/mol. The molecule has 0 N–H and O–H groups in total. The Morgan fingerprint density at radius 2 is 2.29 bits per heavy atom. The molecule has 0 saturated heterocycles. The fraction of sp³-hybridized carbons (Fsp3) is 0.300. The van der Waals surface area contributed by atoms with Crippen LogP contribution in [0.3, 0.4) is 0 Å². The van der Waals surface area contributed by atoms with Crippen LogP contribution in [0.2, 0.25) is 0 Å². The Morgan fingerprint density at radius 3 is 3.00 bits per heavy atom. The maximum Gasteiger partial charge on any atom is 0.274 e. The second-order valence-corrected chi connectivity index (χ2v) is 3.36. The second-order valence-electron chi connectivity index (χ2n) is 3.36. The van der Waals surface area contributed by atoms with Crippen LogP contribution in [0.15, 0.2) is 40.6 Å². The Bertz CT molecular complexity index is 402.